The third-order valence-electron chi connectivity index (χ3n) is 5.52. The molecule has 4 rings (SSSR count). The minimum Gasteiger partial charge on any atom is -0.393 e. The van der Waals surface area contributed by atoms with Gasteiger partial charge in [-0.05, 0) is 30.9 Å². The molecule has 0 bridgehead atoms. The quantitative estimate of drug-likeness (QED) is 0.656. The van der Waals surface area contributed by atoms with Gasteiger partial charge in [0.1, 0.15) is 5.69 Å². The van der Waals surface area contributed by atoms with Crippen LogP contribution in [0.25, 0.3) is 11.3 Å². The Morgan fingerprint density at radius 1 is 1.10 bits per heavy atom. The van der Waals surface area contributed by atoms with Gasteiger partial charge >= 0.3 is 0 Å². The van der Waals surface area contributed by atoms with Crippen molar-refractivity contribution in [3.8, 4) is 11.3 Å². The van der Waals surface area contributed by atoms with Crippen LogP contribution in [0.2, 0.25) is 0 Å². The lowest BCUT2D eigenvalue weighted by atomic mass is 10.1. The van der Waals surface area contributed by atoms with Gasteiger partial charge in [0.05, 0.1) is 6.10 Å². The molecule has 1 aromatic heterocycles. The van der Waals surface area contributed by atoms with Crippen LogP contribution in [-0.4, -0.2) is 40.3 Å². The molecule has 0 unspecified atom stereocenters. The Morgan fingerprint density at radius 3 is 2.47 bits per heavy atom. The average Bonchev–Trinajstić information content (AvgIpc) is 3.25. The second kappa shape index (κ2) is 9.24. The van der Waals surface area contributed by atoms with Gasteiger partial charge in [0, 0.05) is 37.8 Å². The summed E-state index contributed by atoms with van der Waals surface area (Å²) in [6.07, 6.45) is 1.54. The van der Waals surface area contributed by atoms with Crippen molar-refractivity contribution in [3.05, 3.63) is 77.0 Å². The molecule has 30 heavy (non-hydrogen) atoms. The van der Waals surface area contributed by atoms with Crippen LogP contribution >= 0.6 is 0 Å². The molecule has 1 saturated heterocycles. The molecular formula is C24H27N3O3. The molecule has 2 N–H and O–H groups in total. The topological polar surface area (TPSA) is 78.6 Å². The zero-order chi connectivity index (χ0) is 20.9. The first-order valence-electron chi connectivity index (χ1n) is 10.4. The van der Waals surface area contributed by atoms with E-state index in [4.69, 9.17) is 4.52 Å². The van der Waals surface area contributed by atoms with Gasteiger partial charge in [0.2, 0.25) is 5.76 Å². The third-order valence-corrected chi connectivity index (χ3v) is 5.52. The van der Waals surface area contributed by atoms with Crippen molar-refractivity contribution in [1.82, 2.24) is 15.4 Å². The normalized spacial score (nSPS) is 15.3. The number of likely N-dealkylation sites (tertiary alicyclic amines) is 1. The first-order chi connectivity index (χ1) is 14.6. The fourth-order valence-electron chi connectivity index (χ4n) is 3.61. The van der Waals surface area contributed by atoms with E-state index in [0.717, 1.165) is 43.6 Å². The Hall–Kier alpha value is -2.96. The van der Waals surface area contributed by atoms with Gasteiger partial charge in [-0.3, -0.25) is 9.69 Å². The zero-order valence-electron chi connectivity index (χ0n) is 17.2. The number of rotatable bonds is 6. The van der Waals surface area contributed by atoms with Crippen LogP contribution < -0.4 is 5.32 Å². The van der Waals surface area contributed by atoms with Crippen molar-refractivity contribution in [1.29, 1.82) is 0 Å². The highest BCUT2D eigenvalue weighted by Crippen LogP contribution is 2.20. The number of nitrogens with one attached hydrogen (secondary N) is 1. The van der Waals surface area contributed by atoms with Crippen molar-refractivity contribution in [2.75, 3.05) is 13.1 Å². The van der Waals surface area contributed by atoms with E-state index in [1.54, 1.807) is 6.07 Å². The molecule has 6 heteroatoms. The first-order valence-corrected chi connectivity index (χ1v) is 10.4. The summed E-state index contributed by atoms with van der Waals surface area (Å²) in [4.78, 5) is 14.8. The Kier molecular flexibility index (Phi) is 6.26. The van der Waals surface area contributed by atoms with Crippen LogP contribution in [0.4, 0.5) is 0 Å². The van der Waals surface area contributed by atoms with E-state index in [1.165, 1.54) is 11.1 Å². The number of nitrogens with zero attached hydrogens (tertiary/aromatic N) is 2. The lowest BCUT2D eigenvalue weighted by Gasteiger charge is -2.29. The van der Waals surface area contributed by atoms with Crippen LogP contribution in [0.15, 0.2) is 59.1 Å². The van der Waals surface area contributed by atoms with Crippen molar-refractivity contribution >= 4 is 5.91 Å². The van der Waals surface area contributed by atoms with Gasteiger partial charge in [-0.2, -0.15) is 0 Å². The van der Waals surface area contributed by atoms with Crippen LogP contribution in [0.5, 0.6) is 0 Å². The Bertz CT molecular complexity index is 972. The molecule has 0 saturated carbocycles. The van der Waals surface area contributed by atoms with Crippen molar-refractivity contribution < 1.29 is 14.4 Å². The van der Waals surface area contributed by atoms with Gasteiger partial charge in [-0.25, -0.2) is 0 Å². The fraction of sp³-hybridized carbons (Fsp3) is 0.333. The predicted molar refractivity (Wildman–Crippen MR) is 115 cm³/mol. The minimum atomic E-state index is -0.281. The minimum absolute atomic E-state index is 0.149. The number of hydrogen-bond donors (Lipinski definition) is 2. The third kappa shape index (κ3) is 5.14. The maximum atomic E-state index is 12.4. The standard InChI is InChI=1S/C24H27N3O3/c1-17-2-8-20(9-3-17)22-14-23(30-26-22)24(29)25-15-18-4-6-19(7-5-18)16-27-12-10-21(28)11-13-27/h2-9,14,21,28H,10-13,15-16H2,1H3,(H,25,29). The summed E-state index contributed by atoms with van der Waals surface area (Å²) in [6, 6.07) is 17.8. The number of aliphatic hydroxyl groups excluding tert-OH is 1. The van der Waals surface area contributed by atoms with Gasteiger partial charge in [-0.15, -0.1) is 0 Å². The van der Waals surface area contributed by atoms with Crippen molar-refractivity contribution in [3.63, 3.8) is 0 Å². The molecule has 0 atom stereocenters. The lowest BCUT2D eigenvalue weighted by molar-refractivity contribution is 0.0792. The van der Waals surface area contributed by atoms with Crippen LogP contribution in [0.3, 0.4) is 0 Å². The van der Waals surface area contributed by atoms with Gasteiger partial charge in [0.25, 0.3) is 5.91 Å². The molecule has 0 aliphatic carbocycles. The van der Waals surface area contributed by atoms with E-state index < -0.39 is 0 Å². The Morgan fingerprint density at radius 2 is 1.77 bits per heavy atom. The summed E-state index contributed by atoms with van der Waals surface area (Å²) in [5.41, 5.74) is 5.00. The molecule has 2 aromatic carbocycles. The molecule has 1 amide bonds. The highest BCUT2D eigenvalue weighted by Gasteiger charge is 2.17. The van der Waals surface area contributed by atoms with Gasteiger partial charge < -0.3 is 14.9 Å². The van der Waals surface area contributed by atoms with Crippen molar-refractivity contribution in [2.45, 2.75) is 39.0 Å². The van der Waals surface area contributed by atoms with E-state index in [-0.39, 0.29) is 17.8 Å². The fourth-order valence-corrected chi connectivity index (χ4v) is 3.61. The molecule has 2 heterocycles. The summed E-state index contributed by atoms with van der Waals surface area (Å²) in [5, 5.41) is 16.5. The van der Waals surface area contributed by atoms with Gasteiger partial charge in [-0.1, -0.05) is 59.3 Å². The largest absolute Gasteiger partial charge is 0.393 e. The van der Waals surface area contributed by atoms with Crippen LogP contribution in [0, 0.1) is 6.92 Å². The molecule has 0 spiro atoms. The summed E-state index contributed by atoms with van der Waals surface area (Å²) >= 11 is 0. The van der Waals surface area contributed by atoms with Crippen molar-refractivity contribution in [2.24, 2.45) is 0 Å². The smallest absolute Gasteiger partial charge is 0.290 e. The lowest BCUT2D eigenvalue weighted by Crippen LogP contribution is -2.35. The molecule has 1 aliphatic heterocycles. The predicted octanol–water partition coefficient (Wildman–Crippen LogP) is 3.54. The van der Waals surface area contributed by atoms with Gasteiger partial charge in [0.15, 0.2) is 0 Å². The number of aromatic nitrogens is 1. The molecule has 1 fully saturated rings. The number of hydrogen-bond acceptors (Lipinski definition) is 5. The molecule has 6 nitrogen and oxygen atoms in total. The molecule has 0 radical (unpaired) electrons. The highest BCUT2D eigenvalue weighted by atomic mass is 16.5. The van der Waals surface area contributed by atoms with E-state index in [9.17, 15) is 9.90 Å². The van der Waals surface area contributed by atoms with E-state index >= 15 is 0 Å². The van der Waals surface area contributed by atoms with Crippen LogP contribution in [-0.2, 0) is 13.1 Å². The number of amides is 1. The Labute approximate surface area is 176 Å². The molecule has 156 valence electrons. The Balaban J connectivity index is 1.29. The van der Waals surface area contributed by atoms with E-state index in [2.05, 4.69) is 27.5 Å². The van der Waals surface area contributed by atoms with E-state index in [1.807, 2.05) is 43.3 Å². The second-order valence-corrected chi connectivity index (χ2v) is 7.95. The number of piperidine rings is 1. The molecule has 1 aliphatic rings. The highest BCUT2D eigenvalue weighted by molar-refractivity contribution is 5.92. The zero-order valence-corrected chi connectivity index (χ0v) is 17.2. The molecular weight excluding hydrogens is 378 g/mol. The maximum Gasteiger partial charge on any atom is 0.290 e. The molecule has 3 aromatic rings. The average molecular weight is 405 g/mol. The number of aliphatic hydroxyl groups is 1. The SMILES string of the molecule is Cc1ccc(-c2cc(C(=O)NCc3ccc(CN4CCC(O)CC4)cc3)on2)cc1. The van der Waals surface area contributed by atoms with Crippen LogP contribution in [0.1, 0.15) is 40.1 Å². The summed E-state index contributed by atoms with van der Waals surface area (Å²) in [5.74, 6) is -0.0775. The summed E-state index contributed by atoms with van der Waals surface area (Å²) < 4.78 is 5.23. The number of carbonyl (C=O) groups is 1. The number of benzene rings is 2. The first kappa shape index (κ1) is 20.3. The van der Waals surface area contributed by atoms with E-state index in [0.29, 0.717) is 12.2 Å². The maximum absolute atomic E-state index is 12.4. The number of carbonyl (C=O) groups excluding carboxylic acids is 1. The summed E-state index contributed by atoms with van der Waals surface area (Å²) in [6.45, 7) is 5.20. The monoisotopic (exact) mass is 405 g/mol. The number of aryl methyl sites for hydroxylation is 1. The second-order valence-electron chi connectivity index (χ2n) is 7.95. The summed E-state index contributed by atoms with van der Waals surface area (Å²) in [7, 11) is 0.